The minimum Gasteiger partial charge on any atom is -0.355 e. The molecular formula is C21H21N3O2. The van der Waals surface area contributed by atoms with Crippen molar-refractivity contribution < 1.29 is 9.32 Å². The summed E-state index contributed by atoms with van der Waals surface area (Å²) in [5.41, 5.74) is 3.25. The molecule has 1 saturated heterocycles. The molecule has 1 unspecified atom stereocenters. The summed E-state index contributed by atoms with van der Waals surface area (Å²) in [5.74, 6) is 0.564. The lowest BCUT2D eigenvalue weighted by molar-refractivity contribution is 0.0736. The predicted molar refractivity (Wildman–Crippen MR) is 98.7 cm³/mol. The first-order valence-electron chi connectivity index (χ1n) is 8.95. The third kappa shape index (κ3) is 3.12. The summed E-state index contributed by atoms with van der Waals surface area (Å²) in [6.45, 7) is 2.60. The number of amides is 1. The summed E-state index contributed by atoms with van der Waals surface area (Å²) in [6, 6.07) is 13.9. The second kappa shape index (κ2) is 7.12. The van der Waals surface area contributed by atoms with Crippen molar-refractivity contribution in [2.75, 3.05) is 6.54 Å². The second-order valence-electron chi connectivity index (χ2n) is 6.70. The van der Waals surface area contributed by atoms with Gasteiger partial charge in [-0.25, -0.2) is 0 Å². The van der Waals surface area contributed by atoms with Gasteiger partial charge in [0.2, 0.25) is 0 Å². The molecule has 1 aliphatic rings. The van der Waals surface area contributed by atoms with Crippen molar-refractivity contribution in [3.63, 3.8) is 0 Å². The van der Waals surface area contributed by atoms with E-state index in [0.717, 1.165) is 36.9 Å². The molecule has 0 aliphatic carbocycles. The zero-order valence-electron chi connectivity index (χ0n) is 14.8. The number of aromatic nitrogens is 2. The van der Waals surface area contributed by atoms with Crippen LogP contribution in [0.5, 0.6) is 0 Å². The molecule has 1 amide bonds. The normalized spacial score (nSPS) is 16.8. The number of pyridine rings is 1. The highest BCUT2D eigenvalue weighted by Gasteiger charge is 2.33. The van der Waals surface area contributed by atoms with Crippen LogP contribution in [0, 0.1) is 6.92 Å². The lowest BCUT2D eigenvalue weighted by Crippen LogP contribution is -2.37. The highest BCUT2D eigenvalue weighted by atomic mass is 16.5. The van der Waals surface area contributed by atoms with Gasteiger partial charge >= 0.3 is 0 Å². The molecule has 26 heavy (non-hydrogen) atoms. The minimum atomic E-state index is 0.00833. The number of likely N-dealkylation sites (tertiary alicyclic amines) is 1. The number of aryl methyl sites for hydroxylation is 1. The summed E-state index contributed by atoms with van der Waals surface area (Å²) >= 11 is 0. The Morgan fingerprint density at radius 3 is 2.85 bits per heavy atom. The van der Waals surface area contributed by atoms with Gasteiger partial charge in [-0.15, -0.1) is 0 Å². The average molecular weight is 347 g/mol. The Morgan fingerprint density at radius 2 is 2.08 bits per heavy atom. The van der Waals surface area contributed by atoms with Crippen LogP contribution in [0.15, 0.2) is 59.4 Å². The van der Waals surface area contributed by atoms with Crippen molar-refractivity contribution in [2.24, 2.45) is 0 Å². The van der Waals surface area contributed by atoms with Gasteiger partial charge in [0.15, 0.2) is 5.76 Å². The fraction of sp³-hybridized carbons (Fsp3) is 0.286. The number of rotatable bonds is 4. The third-order valence-electron chi connectivity index (χ3n) is 4.94. The zero-order chi connectivity index (χ0) is 17.9. The molecular weight excluding hydrogens is 326 g/mol. The maximum atomic E-state index is 13.3. The van der Waals surface area contributed by atoms with E-state index in [-0.39, 0.29) is 11.9 Å². The monoisotopic (exact) mass is 347 g/mol. The molecule has 5 nitrogen and oxygen atoms in total. The Morgan fingerprint density at radius 1 is 1.23 bits per heavy atom. The Bertz CT molecular complexity index is 890. The van der Waals surface area contributed by atoms with Crippen LogP contribution in [0.4, 0.5) is 0 Å². The van der Waals surface area contributed by atoms with Crippen LogP contribution < -0.4 is 0 Å². The van der Waals surface area contributed by atoms with Crippen LogP contribution in [-0.4, -0.2) is 33.5 Å². The molecule has 1 aliphatic heterocycles. The van der Waals surface area contributed by atoms with E-state index >= 15 is 0 Å². The fourth-order valence-corrected chi connectivity index (χ4v) is 3.66. The molecule has 0 saturated carbocycles. The van der Waals surface area contributed by atoms with Gasteiger partial charge in [-0.05, 0) is 37.8 Å². The van der Waals surface area contributed by atoms with Crippen LogP contribution in [-0.2, 0) is 6.42 Å². The van der Waals surface area contributed by atoms with Crippen molar-refractivity contribution in [3.05, 3.63) is 71.7 Å². The summed E-state index contributed by atoms with van der Waals surface area (Å²) in [5, 5.41) is 4.06. The molecule has 1 fully saturated rings. The smallest absolute Gasteiger partial charge is 0.260 e. The van der Waals surface area contributed by atoms with E-state index in [9.17, 15) is 4.79 Å². The Labute approximate surface area is 152 Å². The Kier molecular flexibility index (Phi) is 4.52. The van der Waals surface area contributed by atoms with Crippen LogP contribution in [0.25, 0.3) is 11.3 Å². The second-order valence-corrected chi connectivity index (χ2v) is 6.70. The molecule has 1 atom stereocenters. The van der Waals surface area contributed by atoms with Crippen LogP contribution in [0.2, 0.25) is 0 Å². The minimum absolute atomic E-state index is 0.00833. The fourth-order valence-electron chi connectivity index (χ4n) is 3.66. The third-order valence-corrected chi connectivity index (χ3v) is 4.94. The van der Waals surface area contributed by atoms with Gasteiger partial charge in [0.25, 0.3) is 5.91 Å². The lowest BCUT2D eigenvalue weighted by Gasteiger charge is -2.25. The summed E-state index contributed by atoms with van der Waals surface area (Å²) in [6.07, 6.45) is 6.49. The maximum absolute atomic E-state index is 13.3. The van der Waals surface area contributed by atoms with Crippen molar-refractivity contribution >= 4 is 5.91 Å². The number of hydrogen-bond acceptors (Lipinski definition) is 4. The Balaban J connectivity index is 1.62. The molecule has 0 radical (unpaired) electrons. The molecule has 0 bridgehead atoms. The van der Waals surface area contributed by atoms with E-state index < -0.39 is 0 Å². The van der Waals surface area contributed by atoms with Gasteiger partial charge in [0.1, 0.15) is 5.56 Å². The number of carbonyl (C=O) groups is 1. The molecule has 5 heteroatoms. The summed E-state index contributed by atoms with van der Waals surface area (Å²) < 4.78 is 5.51. The van der Waals surface area contributed by atoms with E-state index in [1.54, 1.807) is 6.20 Å². The van der Waals surface area contributed by atoms with Crippen molar-refractivity contribution in [1.29, 1.82) is 0 Å². The highest BCUT2D eigenvalue weighted by molar-refractivity contribution is 6.00. The molecule has 132 valence electrons. The summed E-state index contributed by atoms with van der Waals surface area (Å²) in [4.78, 5) is 19.5. The van der Waals surface area contributed by atoms with Crippen LogP contribution in [0.1, 0.15) is 34.5 Å². The van der Waals surface area contributed by atoms with Crippen molar-refractivity contribution in [3.8, 4) is 11.3 Å². The van der Waals surface area contributed by atoms with Crippen LogP contribution >= 0.6 is 0 Å². The molecule has 3 aromatic rings. The van der Waals surface area contributed by atoms with E-state index in [1.807, 2.05) is 54.4 Å². The SMILES string of the molecule is Cc1noc(-c2ccccc2)c1C(=O)N1CCCC1Cc1cccnc1. The molecule has 0 N–H and O–H groups in total. The first-order valence-corrected chi connectivity index (χ1v) is 8.95. The quantitative estimate of drug-likeness (QED) is 0.718. The highest BCUT2D eigenvalue weighted by Crippen LogP contribution is 2.30. The van der Waals surface area contributed by atoms with Gasteiger partial charge < -0.3 is 9.42 Å². The van der Waals surface area contributed by atoms with Crippen molar-refractivity contribution in [1.82, 2.24) is 15.0 Å². The van der Waals surface area contributed by atoms with Gasteiger partial charge in [-0.1, -0.05) is 41.6 Å². The number of carbonyl (C=O) groups excluding carboxylic acids is 1. The van der Waals surface area contributed by atoms with Crippen LogP contribution in [0.3, 0.4) is 0 Å². The molecule has 2 aromatic heterocycles. The van der Waals surface area contributed by atoms with Crippen molar-refractivity contribution in [2.45, 2.75) is 32.2 Å². The summed E-state index contributed by atoms with van der Waals surface area (Å²) in [7, 11) is 0. The zero-order valence-corrected chi connectivity index (χ0v) is 14.8. The van der Waals surface area contributed by atoms with E-state index in [0.29, 0.717) is 17.0 Å². The molecule has 1 aromatic carbocycles. The number of benzene rings is 1. The van der Waals surface area contributed by atoms with Gasteiger partial charge in [-0.2, -0.15) is 0 Å². The largest absolute Gasteiger partial charge is 0.355 e. The average Bonchev–Trinajstić information content (AvgIpc) is 3.29. The van der Waals surface area contributed by atoms with Gasteiger partial charge in [0.05, 0.1) is 5.69 Å². The van der Waals surface area contributed by atoms with E-state index in [1.165, 1.54) is 0 Å². The maximum Gasteiger partial charge on any atom is 0.260 e. The van der Waals surface area contributed by atoms with E-state index in [2.05, 4.69) is 16.2 Å². The molecule has 0 spiro atoms. The van der Waals surface area contributed by atoms with Gasteiger partial charge in [0, 0.05) is 30.5 Å². The number of nitrogens with zero attached hydrogens (tertiary/aromatic N) is 3. The van der Waals surface area contributed by atoms with E-state index in [4.69, 9.17) is 4.52 Å². The molecule has 3 heterocycles. The standard InChI is InChI=1S/C21H21N3O2/c1-15-19(20(26-23-15)17-8-3-2-4-9-17)21(25)24-12-6-10-18(24)13-16-7-5-11-22-14-16/h2-5,7-9,11,14,18H,6,10,12-13H2,1H3. The van der Waals surface area contributed by atoms with Gasteiger partial charge in [-0.3, -0.25) is 9.78 Å². The topological polar surface area (TPSA) is 59.2 Å². The molecule has 4 rings (SSSR count). The lowest BCUT2D eigenvalue weighted by atomic mass is 10.0. The number of hydrogen-bond donors (Lipinski definition) is 0. The Hall–Kier alpha value is -2.95. The first-order chi connectivity index (χ1) is 12.7. The first kappa shape index (κ1) is 16.5. The predicted octanol–water partition coefficient (Wildman–Crippen LogP) is 3.89.